The predicted molar refractivity (Wildman–Crippen MR) is 89.2 cm³/mol. The number of amides is 3. The summed E-state index contributed by atoms with van der Waals surface area (Å²) in [6.45, 7) is 3.76. The zero-order valence-corrected chi connectivity index (χ0v) is 14.2. The van der Waals surface area contributed by atoms with Gasteiger partial charge in [-0.1, -0.05) is 12.2 Å². The minimum absolute atomic E-state index is 0.0516. The van der Waals surface area contributed by atoms with Gasteiger partial charge >= 0.3 is 0 Å². The van der Waals surface area contributed by atoms with Gasteiger partial charge in [0, 0.05) is 24.4 Å². The van der Waals surface area contributed by atoms with Crippen LogP contribution < -0.4 is 5.32 Å². The molecule has 1 aromatic heterocycles. The first-order valence-electron chi connectivity index (χ1n) is 8.59. The second-order valence-electron chi connectivity index (χ2n) is 7.10. The first-order chi connectivity index (χ1) is 11.9. The molecule has 3 aliphatic rings. The molecule has 130 valence electrons. The van der Waals surface area contributed by atoms with Crippen LogP contribution in [0.1, 0.15) is 24.2 Å². The third kappa shape index (κ3) is 2.63. The number of nitrogens with one attached hydrogen (secondary N) is 1. The lowest BCUT2D eigenvalue weighted by molar-refractivity contribution is -0.140. The summed E-state index contributed by atoms with van der Waals surface area (Å²) in [7, 11) is 0. The number of carbonyl (C=O) groups is 3. The van der Waals surface area contributed by atoms with Gasteiger partial charge in [0.1, 0.15) is 0 Å². The number of nitrogens with zero attached hydrogens (tertiary/aromatic N) is 3. The summed E-state index contributed by atoms with van der Waals surface area (Å²) in [4.78, 5) is 46.9. The van der Waals surface area contributed by atoms with Gasteiger partial charge in [-0.2, -0.15) is 0 Å². The van der Waals surface area contributed by atoms with Gasteiger partial charge < -0.3 is 0 Å². The smallest absolute Gasteiger partial charge is 0.233 e. The Labute approximate surface area is 145 Å². The molecule has 2 bridgehead atoms. The molecule has 1 saturated heterocycles. The van der Waals surface area contributed by atoms with Crippen LogP contribution in [0.25, 0.3) is 0 Å². The number of imide groups is 1. The largest absolute Gasteiger partial charge is 0.294 e. The van der Waals surface area contributed by atoms with Crippen LogP contribution in [0.4, 0.5) is 5.95 Å². The van der Waals surface area contributed by atoms with Crippen molar-refractivity contribution < 1.29 is 14.4 Å². The minimum atomic E-state index is -0.302. The topological polar surface area (TPSA) is 92.3 Å². The second-order valence-corrected chi connectivity index (χ2v) is 7.10. The monoisotopic (exact) mass is 340 g/mol. The molecule has 0 radical (unpaired) electrons. The van der Waals surface area contributed by atoms with Gasteiger partial charge in [0.05, 0.1) is 11.8 Å². The third-order valence-electron chi connectivity index (χ3n) is 5.36. The fraction of sp³-hybridized carbons (Fsp3) is 0.500. The Morgan fingerprint density at radius 1 is 1.12 bits per heavy atom. The summed E-state index contributed by atoms with van der Waals surface area (Å²) in [5.74, 6) is -0.349. The summed E-state index contributed by atoms with van der Waals surface area (Å²) in [6.07, 6.45) is 5.08. The fourth-order valence-electron chi connectivity index (χ4n) is 4.37. The van der Waals surface area contributed by atoms with Crippen LogP contribution in [0.5, 0.6) is 0 Å². The molecule has 1 aliphatic heterocycles. The molecular formula is C18H20N4O3. The summed E-state index contributed by atoms with van der Waals surface area (Å²) in [6, 6.07) is 1.82. The van der Waals surface area contributed by atoms with Gasteiger partial charge in [-0.15, -0.1) is 0 Å². The van der Waals surface area contributed by atoms with Crippen molar-refractivity contribution in [3.05, 3.63) is 29.6 Å². The molecule has 1 aromatic rings. The zero-order valence-electron chi connectivity index (χ0n) is 14.2. The van der Waals surface area contributed by atoms with Crippen LogP contribution in [-0.4, -0.2) is 39.1 Å². The first-order valence-corrected chi connectivity index (χ1v) is 8.59. The molecular weight excluding hydrogens is 320 g/mol. The average Bonchev–Trinajstić information content (AvgIpc) is 3.19. The van der Waals surface area contributed by atoms with Crippen LogP contribution in [0.3, 0.4) is 0 Å². The van der Waals surface area contributed by atoms with E-state index in [9.17, 15) is 14.4 Å². The Bertz CT molecular complexity index is 753. The van der Waals surface area contributed by atoms with Crippen LogP contribution in [0.15, 0.2) is 18.2 Å². The Balaban J connectivity index is 1.38. The summed E-state index contributed by atoms with van der Waals surface area (Å²) < 4.78 is 0. The maximum atomic E-state index is 12.6. The highest BCUT2D eigenvalue weighted by Crippen LogP contribution is 2.52. The fourth-order valence-corrected chi connectivity index (χ4v) is 4.37. The van der Waals surface area contributed by atoms with Gasteiger partial charge in [-0.3, -0.25) is 24.6 Å². The van der Waals surface area contributed by atoms with Crippen LogP contribution in [-0.2, 0) is 14.4 Å². The van der Waals surface area contributed by atoms with Crippen molar-refractivity contribution in [3.8, 4) is 0 Å². The standard InChI is InChI=1S/C18H20N4O3/c1-9-7-10(2)20-18(19-9)21-13(23)5-6-22-16(24)14-11-3-4-12(8-11)15(14)17(22)25/h3-4,7,11-12,14-15H,5-6,8H2,1-2H3,(H,19,20,21,23)/t11-,12-,14-,15-/m0/s1. The van der Waals surface area contributed by atoms with Gasteiger partial charge in [-0.05, 0) is 38.2 Å². The number of allylic oxidation sites excluding steroid dienone is 2. The van der Waals surface area contributed by atoms with Crippen molar-refractivity contribution in [1.29, 1.82) is 0 Å². The van der Waals surface area contributed by atoms with Crippen LogP contribution >= 0.6 is 0 Å². The van der Waals surface area contributed by atoms with Crippen molar-refractivity contribution in [3.63, 3.8) is 0 Å². The quantitative estimate of drug-likeness (QED) is 0.657. The number of fused-ring (bicyclic) bond motifs is 5. The maximum absolute atomic E-state index is 12.6. The van der Waals surface area contributed by atoms with Gasteiger partial charge in [0.25, 0.3) is 0 Å². The van der Waals surface area contributed by atoms with E-state index < -0.39 is 0 Å². The lowest BCUT2D eigenvalue weighted by Crippen LogP contribution is -2.35. The molecule has 2 fully saturated rings. The zero-order chi connectivity index (χ0) is 17.7. The average molecular weight is 340 g/mol. The number of aryl methyl sites for hydroxylation is 2. The highest BCUT2D eigenvalue weighted by atomic mass is 16.2. The first kappa shape index (κ1) is 15.9. The van der Waals surface area contributed by atoms with Crippen molar-refractivity contribution in [1.82, 2.24) is 14.9 Å². The predicted octanol–water partition coefficient (Wildman–Crippen LogP) is 1.23. The van der Waals surface area contributed by atoms with Gasteiger partial charge in [-0.25, -0.2) is 9.97 Å². The Kier molecular flexibility index (Phi) is 3.67. The normalized spacial score (nSPS) is 29.4. The summed E-state index contributed by atoms with van der Waals surface area (Å²) in [5.41, 5.74) is 1.53. The minimum Gasteiger partial charge on any atom is -0.294 e. The molecule has 4 rings (SSSR count). The number of aromatic nitrogens is 2. The SMILES string of the molecule is Cc1cc(C)nc(NC(=O)CCN2C(=O)[C@@H]3[C@@H](C2=O)[C@H]2C=C[C@H]3C2)n1. The van der Waals surface area contributed by atoms with E-state index in [1.807, 2.05) is 19.9 Å². The van der Waals surface area contributed by atoms with E-state index in [0.717, 1.165) is 17.8 Å². The van der Waals surface area contributed by atoms with Crippen molar-refractivity contribution >= 4 is 23.7 Å². The highest BCUT2D eigenvalue weighted by molar-refractivity contribution is 6.06. The van der Waals surface area contributed by atoms with E-state index in [4.69, 9.17) is 0 Å². The summed E-state index contributed by atoms with van der Waals surface area (Å²) >= 11 is 0. The van der Waals surface area contributed by atoms with E-state index in [-0.39, 0.29) is 60.3 Å². The molecule has 0 spiro atoms. The number of hydrogen-bond acceptors (Lipinski definition) is 5. The molecule has 7 heteroatoms. The molecule has 1 N–H and O–H groups in total. The molecule has 3 amide bonds. The van der Waals surface area contributed by atoms with Crippen molar-refractivity contribution in [2.24, 2.45) is 23.7 Å². The maximum Gasteiger partial charge on any atom is 0.233 e. The summed E-state index contributed by atoms with van der Waals surface area (Å²) in [5, 5.41) is 2.63. The Morgan fingerprint density at radius 2 is 1.68 bits per heavy atom. The lowest BCUT2D eigenvalue weighted by atomic mass is 9.85. The molecule has 2 heterocycles. The van der Waals surface area contributed by atoms with Crippen molar-refractivity contribution in [2.45, 2.75) is 26.7 Å². The number of carbonyl (C=O) groups excluding carboxylic acids is 3. The molecule has 4 atom stereocenters. The number of rotatable bonds is 4. The van der Waals surface area contributed by atoms with Crippen LogP contribution in [0.2, 0.25) is 0 Å². The van der Waals surface area contributed by atoms with E-state index in [1.165, 1.54) is 4.90 Å². The molecule has 25 heavy (non-hydrogen) atoms. The number of likely N-dealkylation sites (tertiary alicyclic amines) is 1. The van der Waals surface area contributed by atoms with Crippen molar-refractivity contribution in [2.75, 3.05) is 11.9 Å². The molecule has 1 saturated carbocycles. The molecule has 0 unspecified atom stereocenters. The molecule has 7 nitrogen and oxygen atoms in total. The van der Waals surface area contributed by atoms with E-state index in [2.05, 4.69) is 27.4 Å². The van der Waals surface area contributed by atoms with E-state index >= 15 is 0 Å². The van der Waals surface area contributed by atoms with Gasteiger partial charge in [0.15, 0.2) is 0 Å². The Morgan fingerprint density at radius 3 is 2.24 bits per heavy atom. The van der Waals surface area contributed by atoms with Gasteiger partial charge in [0.2, 0.25) is 23.7 Å². The van der Waals surface area contributed by atoms with Crippen LogP contribution in [0, 0.1) is 37.5 Å². The van der Waals surface area contributed by atoms with E-state index in [1.54, 1.807) is 0 Å². The lowest BCUT2D eigenvalue weighted by Gasteiger charge is -2.16. The Hall–Kier alpha value is -2.57. The second kappa shape index (κ2) is 5.75. The molecule has 2 aliphatic carbocycles. The number of anilines is 1. The third-order valence-corrected chi connectivity index (χ3v) is 5.36. The highest BCUT2D eigenvalue weighted by Gasteiger charge is 2.58. The number of hydrogen-bond donors (Lipinski definition) is 1. The van der Waals surface area contributed by atoms with E-state index in [0.29, 0.717) is 0 Å². The molecule has 0 aromatic carbocycles.